The van der Waals surface area contributed by atoms with Gasteiger partial charge in [0.05, 0.1) is 6.21 Å². The molecule has 0 heterocycles. The van der Waals surface area contributed by atoms with Crippen molar-refractivity contribution in [2.75, 3.05) is 0 Å². The van der Waals surface area contributed by atoms with Crippen LogP contribution >= 0.6 is 12.8 Å². The zero-order valence-corrected chi connectivity index (χ0v) is 9.39. The van der Waals surface area contributed by atoms with Gasteiger partial charge in [0.1, 0.15) is 6.04 Å². The smallest absolute Gasteiger partial charge is 0.320 e. The largest absolute Gasteiger partial charge is 0.480 e. The molecule has 0 aromatic heterocycles. The summed E-state index contributed by atoms with van der Waals surface area (Å²) in [6, 6.07) is 6.45. The highest BCUT2D eigenvalue weighted by molar-refractivity contribution is 7.78. The van der Waals surface area contributed by atoms with E-state index in [4.69, 9.17) is 10.8 Å². The molecule has 86 valence electrons. The number of nitrogens with two attached hydrogens (primary N) is 1. The zero-order chi connectivity index (χ0) is 12.0. The van der Waals surface area contributed by atoms with E-state index in [0.29, 0.717) is 6.42 Å². The normalized spacial score (nSPS) is 12.6. The molecule has 0 amide bonds. The van der Waals surface area contributed by atoms with E-state index in [1.165, 1.54) is 0 Å². The number of aliphatic carboxylic acids is 1. The summed E-state index contributed by atoms with van der Waals surface area (Å²) in [5.41, 5.74) is 7.20. The molecule has 0 aliphatic heterocycles. The Bertz CT molecular complexity index is 378. The van der Waals surface area contributed by atoms with Gasteiger partial charge < -0.3 is 10.8 Å². The summed E-state index contributed by atoms with van der Waals surface area (Å²) in [4.78, 5) is 12.9. The number of carboxylic acid groups (broad SMARTS) is 1. The van der Waals surface area contributed by atoms with Crippen molar-refractivity contribution in [1.29, 1.82) is 0 Å². The first kappa shape index (κ1) is 12.5. The first-order valence-electron chi connectivity index (χ1n) is 4.63. The minimum absolute atomic E-state index is 0.317. The van der Waals surface area contributed by atoms with Gasteiger partial charge in [-0.15, -0.1) is 0 Å². The lowest BCUT2D eigenvalue weighted by atomic mass is 10.1. The lowest BCUT2D eigenvalue weighted by molar-refractivity contribution is -0.138. The lowest BCUT2D eigenvalue weighted by Crippen LogP contribution is -2.32. The Hall–Kier alpha value is -1.53. The van der Waals surface area contributed by atoms with Gasteiger partial charge in [-0.3, -0.25) is 9.63 Å². The van der Waals surface area contributed by atoms with Gasteiger partial charge in [-0.05, 0) is 17.5 Å². The van der Waals surface area contributed by atoms with Crippen LogP contribution in [0, 0.1) is 0 Å². The van der Waals surface area contributed by atoms with Crippen LogP contribution in [-0.2, 0) is 11.2 Å². The number of nitrogens with one attached hydrogen (secondary N) is 1. The van der Waals surface area contributed by atoms with Crippen LogP contribution in [0.1, 0.15) is 11.1 Å². The Morgan fingerprint density at radius 3 is 2.69 bits per heavy atom. The van der Waals surface area contributed by atoms with E-state index in [0.717, 1.165) is 11.1 Å². The molecule has 6 heteroatoms. The van der Waals surface area contributed by atoms with E-state index >= 15 is 0 Å². The Labute approximate surface area is 98.9 Å². The molecule has 0 aliphatic carbocycles. The molecular weight excluding hydrogens is 226 g/mol. The lowest BCUT2D eigenvalue weighted by Gasteiger charge is -2.06. The van der Waals surface area contributed by atoms with Gasteiger partial charge in [0, 0.05) is 0 Å². The van der Waals surface area contributed by atoms with Crippen LogP contribution in [-0.4, -0.2) is 23.3 Å². The van der Waals surface area contributed by atoms with Crippen LogP contribution < -0.4 is 10.6 Å². The monoisotopic (exact) mass is 239 g/mol. The zero-order valence-electron chi connectivity index (χ0n) is 8.50. The highest BCUT2D eigenvalue weighted by atomic mass is 32.1. The summed E-state index contributed by atoms with van der Waals surface area (Å²) in [6.45, 7) is 0. The summed E-state index contributed by atoms with van der Waals surface area (Å²) >= 11 is 3.71. The van der Waals surface area contributed by atoms with Crippen molar-refractivity contribution in [2.24, 2.45) is 10.8 Å². The number of nitrogens with zero attached hydrogens (tertiary/aromatic N) is 1. The topological polar surface area (TPSA) is 87.7 Å². The molecule has 1 rings (SSSR count). The standard InChI is InChI=1S/C10H13N3O2S/c11-9(10(14)15)5-7-1-3-8(4-2-7)6-12-13-16/h1-4,6,9,13,16H,5,11H2,(H,14,15)/b12-6+/t9-/m0/s1. The summed E-state index contributed by atoms with van der Waals surface area (Å²) in [5.74, 6) is -0.995. The van der Waals surface area contributed by atoms with Gasteiger partial charge in [0.15, 0.2) is 0 Å². The molecule has 16 heavy (non-hydrogen) atoms. The quantitative estimate of drug-likeness (QED) is 0.340. The van der Waals surface area contributed by atoms with Crippen molar-refractivity contribution in [2.45, 2.75) is 12.5 Å². The Balaban J connectivity index is 2.64. The third-order valence-electron chi connectivity index (χ3n) is 2.02. The van der Waals surface area contributed by atoms with Gasteiger partial charge in [-0.25, -0.2) is 0 Å². The summed E-state index contributed by atoms with van der Waals surface area (Å²) in [7, 11) is 0. The average Bonchev–Trinajstić information content (AvgIpc) is 2.28. The van der Waals surface area contributed by atoms with Crippen molar-refractivity contribution in [3.63, 3.8) is 0 Å². The maximum absolute atomic E-state index is 10.5. The minimum Gasteiger partial charge on any atom is -0.480 e. The van der Waals surface area contributed by atoms with E-state index in [9.17, 15) is 4.79 Å². The number of benzene rings is 1. The van der Waals surface area contributed by atoms with Crippen molar-refractivity contribution in [3.8, 4) is 0 Å². The number of hydrogen-bond acceptors (Lipinski definition) is 5. The maximum Gasteiger partial charge on any atom is 0.320 e. The fourth-order valence-electron chi connectivity index (χ4n) is 1.18. The summed E-state index contributed by atoms with van der Waals surface area (Å²) in [6.07, 6.45) is 1.92. The average molecular weight is 239 g/mol. The van der Waals surface area contributed by atoms with E-state index in [2.05, 4.69) is 22.7 Å². The van der Waals surface area contributed by atoms with E-state index < -0.39 is 12.0 Å². The maximum atomic E-state index is 10.5. The molecule has 0 saturated carbocycles. The summed E-state index contributed by atoms with van der Waals surface area (Å²) < 4.78 is 0. The molecule has 0 spiro atoms. The Morgan fingerprint density at radius 2 is 2.19 bits per heavy atom. The molecule has 5 nitrogen and oxygen atoms in total. The molecule has 0 unspecified atom stereocenters. The number of carbonyl (C=O) groups is 1. The van der Waals surface area contributed by atoms with Crippen molar-refractivity contribution in [3.05, 3.63) is 35.4 Å². The second kappa shape index (κ2) is 6.14. The molecule has 1 aromatic rings. The van der Waals surface area contributed by atoms with E-state index in [1.807, 2.05) is 24.3 Å². The molecule has 0 fully saturated rings. The third kappa shape index (κ3) is 3.92. The first-order chi connectivity index (χ1) is 7.63. The van der Waals surface area contributed by atoms with Gasteiger partial charge in [-0.2, -0.15) is 5.10 Å². The second-order valence-corrected chi connectivity index (χ2v) is 3.45. The number of thiol groups is 1. The summed E-state index contributed by atoms with van der Waals surface area (Å²) in [5, 5.41) is 12.4. The molecular formula is C10H13N3O2S. The Kier molecular flexibility index (Phi) is 4.81. The fraction of sp³-hybridized carbons (Fsp3) is 0.200. The molecule has 0 saturated heterocycles. The number of hydrazone groups is 1. The van der Waals surface area contributed by atoms with Crippen molar-refractivity contribution in [1.82, 2.24) is 4.83 Å². The van der Waals surface area contributed by atoms with Crippen molar-refractivity contribution < 1.29 is 9.90 Å². The van der Waals surface area contributed by atoms with Crippen molar-refractivity contribution >= 4 is 25.0 Å². The van der Waals surface area contributed by atoms with Crippen LogP contribution in [0.2, 0.25) is 0 Å². The van der Waals surface area contributed by atoms with Crippen LogP contribution in [0.3, 0.4) is 0 Å². The molecule has 0 aliphatic rings. The van der Waals surface area contributed by atoms with Gasteiger partial charge in [-0.1, -0.05) is 37.1 Å². The number of rotatable bonds is 5. The van der Waals surface area contributed by atoms with Crippen LogP contribution in [0.5, 0.6) is 0 Å². The fourth-order valence-corrected chi connectivity index (χ4v) is 1.24. The van der Waals surface area contributed by atoms with Gasteiger partial charge >= 0.3 is 5.97 Å². The minimum atomic E-state index is -0.995. The highest BCUT2D eigenvalue weighted by Gasteiger charge is 2.11. The highest BCUT2D eigenvalue weighted by Crippen LogP contribution is 2.05. The first-order valence-corrected chi connectivity index (χ1v) is 5.07. The SMILES string of the molecule is N[C@@H](Cc1ccc(/C=N/NS)cc1)C(=O)O. The predicted octanol–water partition coefficient (Wildman–Crippen LogP) is 0.409. The third-order valence-corrected chi connectivity index (χ3v) is 2.14. The predicted molar refractivity (Wildman–Crippen MR) is 65.5 cm³/mol. The van der Waals surface area contributed by atoms with E-state index in [1.54, 1.807) is 6.21 Å². The molecule has 1 atom stereocenters. The van der Waals surface area contributed by atoms with Crippen LogP contribution in [0.15, 0.2) is 29.4 Å². The van der Waals surface area contributed by atoms with Crippen LogP contribution in [0.4, 0.5) is 0 Å². The van der Waals surface area contributed by atoms with Gasteiger partial charge in [0.25, 0.3) is 0 Å². The molecule has 1 aromatic carbocycles. The van der Waals surface area contributed by atoms with Gasteiger partial charge in [0.2, 0.25) is 0 Å². The number of hydrogen-bond donors (Lipinski definition) is 4. The second-order valence-electron chi connectivity index (χ2n) is 3.25. The molecule has 0 bridgehead atoms. The number of carboxylic acids is 1. The van der Waals surface area contributed by atoms with E-state index in [-0.39, 0.29) is 0 Å². The van der Waals surface area contributed by atoms with Crippen LogP contribution in [0.25, 0.3) is 0 Å². The Morgan fingerprint density at radius 1 is 1.56 bits per heavy atom. The molecule has 4 N–H and O–H groups in total. The molecule has 0 radical (unpaired) electrons.